The molecule has 2 N–H and O–H groups in total. The van der Waals surface area contributed by atoms with Gasteiger partial charge in [0.05, 0.1) is 10.6 Å². The van der Waals surface area contributed by atoms with E-state index in [1.54, 1.807) is 31.2 Å². The third-order valence-electron chi connectivity index (χ3n) is 2.63. The molecule has 0 unspecified atom stereocenters. The van der Waals surface area contributed by atoms with E-state index in [4.69, 9.17) is 23.2 Å². The molecule has 0 heterocycles. The molecule has 0 bridgehead atoms. The predicted molar refractivity (Wildman–Crippen MR) is 77.3 cm³/mol. The van der Waals surface area contributed by atoms with Crippen molar-refractivity contribution < 1.29 is 9.90 Å². The van der Waals surface area contributed by atoms with Crippen molar-refractivity contribution in [1.82, 2.24) is 0 Å². The number of rotatable bonds is 2. The topological polar surface area (TPSA) is 49.3 Å². The molecular weight excluding hydrogens is 285 g/mol. The number of phenolic OH excluding ortho intramolecular Hbond substituents is 1. The highest BCUT2D eigenvalue weighted by Crippen LogP contribution is 2.24. The summed E-state index contributed by atoms with van der Waals surface area (Å²) in [4.78, 5) is 12.1. The highest BCUT2D eigenvalue weighted by molar-refractivity contribution is 6.36. The quantitative estimate of drug-likeness (QED) is 0.813. The molecule has 98 valence electrons. The minimum atomic E-state index is -0.349. The normalized spacial score (nSPS) is 10.3. The first-order valence-electron chi connectivity index (χ1n) is 5.53. The molecule has 3 nitrogen and oxygen atoms in total. The Balaban J connectivity index is 2.25. The van der Waals surface area contributed by atoms with Crippen molar-refractivity contribution in [3.8, 4) is 5.75 Å². The average Bonchev–Trinajstić information content (AvgIpc) is 2.36. The lowest BCUT2D eigenvalue weighted by Gasteiger charge is -2.08. The summed E-state index contributed by atoms with van der Waals surface area (Å²) in [6, 6.07) is 9.49. The van der Waals surface area contributed by atoms with Crippen LogP contribution in [-0.4, -0.2) is 11.0 Å². The van der Waals surface area contributed by atoms with E-state index >= 15 is 0 Å². The summed E-state index contributed by atoms with van der Waals surface area (Å²) < 4.78 is 0. The molecule has 5 heteroatoms. The van der Waals surface area contributed by atoms with E-state index in [1.807, 2.05) is 0 Å². The number of anilines is 1. The van der Waals surface area contributed by atoms with Crippen molar-refractivity contribution in [2.75, 3.05) is 5.32 Å². The molecule has 2 aromatic rings. The second-order valence-corrected chi connectivity index (χ2v) is 4.92. The largest absolute Gasteiger partial charge is 0.508 e. The molecule has 1 amide bonds. The number of benzene rings is 2. The number of nitrogens with one attached hydrogen (secondary N) is 1. The molecule has 0 saturated carbocycles. The number of hydrogen-bond donors (Lipinski definition) is 2. The third-order valence-corrected chi connectivity index (χ3v) is 3.19. The van der Waals surface area contributed by atoms with Gasteiger partial charge in [-0.1, -0.05) is 23.2 Å². The highest BCUT2D eigenvalue weighted by atomic mass is 35.5. The van der Waals surface area contributed by atoms with Gasteiger partial charge in [-0.15, -0.1) is 0 Å². The van der Waals surface area contributed by atoms with Crippen molar-refractivity contribution in [2.24, 2.45) is 0 Å². The van der Waals surface area contributed by atoms with Crippen LogP contribution < -0.4 is 5.32 Å². The van der Waals surface area contributed by atoms with Crippen molar-refractivity contribution in [3.05, 3.63) is 57.6 Å². The maximum Gasteiger partial charge on any atom is 0.257 e. The fraction of sp³-hybridized carbons (Fsp3) is 0.0714. The first-order chi connectivity index (χ1) is 8.97. The maximum absolute atomic E-state index is 12.1. The molecule has 0 atom stereocenters. The number of halogens is 2. The van der Waals surface area contributed by atoms with Gasteiger partial charge < -0.3 is 10.4 Å². The van der Waals surface area contributed by atoms with Gasteiger partial charge in [0, 0.05) is 10.7 Å². The monoisotopic (exact) mass is 295 g/mol. The summed E-state index contributed by atoms with van der Waals surface area (Å²) in [6.45, 7) is 1.75. The van der Waals surface area contributed by atoms with E-state index in [0.717, 1.165) is 0 Å². The van der Waals surface area contributed by atoms with Gasteiger partial charge in [-0.25, -0.2) is 0 Å². The van der Waals surface area contributed by atoms with Crippen LogP contribution in [0.1, 0.15) is 15.9 Å². The van der Waals surface area contributed by atoms with Crippen LogP contribution in [0.2, 0.25) is 10.0 Å². The molecular formula is C14H11Cl2NO2. The van der Waals surface area contributed by atoms with Gasteiger partial charge in [0.15, 0.2) is 0 Å². The summed E-state index contributed by atoms with van der Waals surface area (Å²) in [5, 5.41) is 12.9. The lowest BCUT2D eigenvalue weighted by molar-refractivity contribution is 0.102. The smallest absolute Gasteiger partial charge is 0.257 e. The average molecular weight is 296 g/mol. The third kappa shape index (κ3) is 3.19. The molecule has 19 heavy (non-hydrogen) atoms. The van der Waals surface area contributed by atoms with Crippen LogP contribution in [0.4, 0.5) is 5.69 Å². The minimum Gasteiger partial charge on any atom is -0.508 e. The Morgan fingerprint density at radius 1 is 1.16 bits per heavy atom. The Hall–Kier alpha value is -1.71. The van der Waals surface area contributed by atoms with Crippen LogP contribution in [-0.2, 0) is 0 Å². The number of carbonyl (C=O) groups excluding carboxylic acids is 1. The zero-order chi connectivity index (χ0) is 14.0. The zero-order valence-corrected chi connectivity index (χ0v) is 11.6. The molecule has 0 aromatic heterocycles. The molecule has 0 spiro atoms. The van der Waals surface area contributed by atoms with Crippen molar-refractivity contribution in [2.45, 2.75) is 6.92 Å². The molecule has 0 radical (unpaired) electrons. The van der Waals surface area contributed by atoms with Crippen LogP contribution in [0, 0.1) is 6.92 Å². The molecule has 0 aliphatic rings. The zero-order valence-electron chi connectivity index (χ0n) is 10.1. The Morgan fingerprint density at radius 2 is 1.89 bits per heavy atom. The standard InChI is InChI=1S/C14H11Cl2NO2/c1-8-6-10(3-5-13(8)18)17-14(19)11-7-9(15)2-4-12(11)16/h2-7,18H,1H3,(H,17,19). The fourth-order valence-corrected chi connectivity index (χ4v) is 1.98. The van der Waals surface area contributed by atoms with Gasteiger partial charge in [0.25, 0.3) is 5.91 Å². The summed E-state index contributed by atoms with van der Waals surface area (Å²) in [7, 11) is 0. The number of aromatic hydroxyl groups is 1. The van der Waals surface area contributed by atoms with E-state index in [2.05, 4.69) is 5.32 Å². The van der Waals surface area contributed by atoms with Gasteiger partial charge in [0.1, 0.15) is 5.75 Å². The van der Waals surface area contributed by atoms with Crippen LogP contribution in [0.25, 0.3) is 0 Å². The predicted octanol–water partition coefficient (Wildman–Crippen LogP) is 4.26. The molecule has 0 aliphatic heterocycles. The molecule has 2 aromatic carbocycles. The second kappa shape index (κ2) is 5.51. The lowest BCUT2D eigenvalue weighted by atomic mass is 10.1. The summed E-state index contributed by atoms with van der Waals surface area (Å²) in [5.74, 6) is -0.170. The fourth-order valence-electron chi connectivity index (χ4n) is 1.60. The SMILES string of the molecule is Cc1cc(NC(=O)c2cc(Cl)ccc2Cl)ccc1O. The van der Waals surface area contributed by atoms with Crippen LogP contribution in [0.3, 0.4) is 0 Å². The summed E-state index contributed by atoms with van der Waals surface area (Å²) >= 11 is 11.8. The number of aryl methyl sites for hydroxylation is 1. The Kier molecular flexibility index (Phi) is 3.98. The van der Waals surface area contributed by atoms with Gasteiger partial charge >= 0.3 is 0 Å². The van der Waals surface area contributed by atoms with Gasteiger partial charge in [-0.05, 0) is 48.9 Å². The first kappa shape index (κ1) is 13.7. The Morgan fingerprint density at radius 3 is 2.58 bits per heavy atom. The first-order valence-corrected chi connectivity index (χ1v) is 6.29. The highest BCUT2D eigenvalue weighted by Gasteiger charge is 2.11. The number of carbonyl (C=O) groups is 1. The van der Waals surface area contributed by atoms with Crippen LogP contribution in [0.15, 0.2) is 36.4 Å². The van der Waals surface area contributed by atoms with Crippen molar-refractivity contribution in [1.29, 1.82) is 0 Å². The lowest BCUT2D eigenvalue weighted by Crippen LogP contribution is -2.12. The van der Waals surface area contributed by atoms with Gasteiger partial charge in [-0.3, -0.25) is 4.79 Å². The van der Waals surface area contributed by atoms with E-state index in [-0.39, 0.29) is 11.7 Å². The van der Waals surface area contributed by atoms with E-state index in [1.165, 1.54) is 12.1 Å². The maximum atomic E-state index is 12.1. The molecule has 0 aliphatic carbocycles. The van der Waals surface area contributed by atoms with Gasteiger partial charge in [0.2, 0.25) is 0 Å². The number of amides is 1. The molecule has 2 rings (SSSR count). The second-order valence-electron chi connectivity index (χ2n) is 4.08. The molecule has 0 fully saturated rings. The number of hydrogen-bond acceptors (Lipinski definition) is 2. The van der Waals surface area contributed by atoms with Crippen LogP contribution >= 0.6 is 23.2 Å². The van der Waals surface area contributed by atoms with E-state index < -0.39 is 0 Å². The minimum absolute atomic E-state index is 0.179. The molecule has 0 saturated heterocycles. The van der Waals surface area contributed by atoms with Gasteiger partial charge in [-0.2, -0.15) is 0 Å². The van der Waals surface area contributed by atoms with Crippen molar-refractivity contribution in [3.63, 3.8) is 0 Å². The van der Waals surface area contributed by atoms with E-state index in [9.17, 15) is 9.90 Å². The Bertz CT molecular complexity index is 641. The van der Waals surface area contributed by atoms with Crippen molar-refractivity contribution >= 4 is 34.8 Å². The summed E-state index contributed by atoms with van der Waals surface area (Å²) in [6.07, 6.45) is 0. The van der Waals surface area contributed by atoms with E-state index in [0.29, 0.717) is 26.9 Å². The summed E-state index contributed by atoms with van der Waals surface area (Å²) in [5.41, 5.74) is 1.56. The number of phenols is 1. The Labute approximate surface area is 120 Å². The van der Waals surface area contributed by atoms with Crippen LogP contribution in [0.5, 0.6) is 5.75 Å².